The first-order valence-corrected chi connectivity index (χ1v) is 8.24. The third-order valence-corrected chi connectivity index (χ3v) is 3.82. The summed E-state index contributed by atoms with van der Waals surface area (Å²) >= 11 is 0. The number of carbonyl (C=O) groups excluding carboxylic acids is 1. The topological polar surface area (TPSA) is 66.9 Å². The van der Waals surface area contributed by atoms with Crippen LogP contribution in [0.2, 0.25) is 0 Å². The van der Waals surface area contributed by atoms with Crippen LogP contribution in [-0.2, 0) is 13.0 Å². The number of aryl methyl sites for hydroxylation is 1. The Balaban J connectivity index is 1.58. The molecule has 2 aromatic heterocycles. The number of anilines is 2. The highest BCUT2D eigenvalue weighted by Crippen LogP contribution is 2.13. The van der Waals surface area contributed by atoms with E-state index in [0.29, 0.717) is 12.2 Å². The van der Waals surface area contributed by atoms with Gasteiger partial charge in [0.1, 0.15) is 5.69 Å². The molecule has 0 saturated carbocycles. The third-order valence-electron chi connectivity index (χ3n) is 3.82. The Bertz CT molecular complexity index is 815. The van der Waals surface area contributed by atoms with Crippen molar-refractivity contribution in [2.45, 2.75) is 19.9 Å². The quantitative estimate of drug-likeness (QED) is 0.718. The maximum absolute atomic E-state index is 12.3. The highest BCUT2D eigenvalue weighted by atomic mass is 16.1. The van der Waals surface area contributed by atoms with E-state index in [0.717, 1.165) is 23.5 Å². The van der Waals surface area contributed by atoms with Crippen LogP contribution >= 0.6 is 0 Å². The van der Waals surface area contributed by atoms with Gasteiger partial charge in [-0.3, -0.25) is 9.78 Å². The SMILES string of the molecule is CCc1ccc(NC(=O)c2ccc(NCc3ccccn3)cn2)cc1. The van der Waals surface area contributed by atoms with Crippen molar-refractivity contribution in [3.8, 4) is 0 Å². The number of aromatic nitrogens is 2. The molecule has 0 saturated heterocycles. The van der Waals surface area contributed by atoms with E-state index in [-0.39, 0.29) is 5.91 Å². The molecule has 0 atom stereocenters. The number of nitrogens with zero attached hydrogens (tertiary/aromatic N) is 2. The van der Waals surface area contributed by atoms with E-state index in [9.17, 15) is 4.79 Å². The van der Waals surface area contributed by atoms with Gasteiger partial charge in [-0.05, 0) is 48.4 Å². The molecule has 2 N–H and O–H groups in total. The average Bonchev–Trinajstić information content (AvgIpc) is 2.68. The standard InChI is InChI=1S/C20H20N4O/c1-2-15-6-8-16(9-7-15)24-20(25)19-11-10-18(14-23-19)22-13-17-5-3-4-12-21-17/h3-12,14,22H,2,13H2,1H3,(H,24,25). The van der Waals surface area contributed by atoms with Gasteiger partial charge in [-0.1, -0.05) is 25.1 Å². The smallest absolute Gasteiger partial charge is 0.274 e. The van der Waals surface area contributed by atoms with Crippen molar-refractivity contribution in [2.75, 3.05) is 10.6 Å². The zero-order valence-electron chi connectivity index (χ0n) is 14.1. The predicted octanol–water partition coefficient (Wildman–Crippen LogP) is 3.90. The third kappa shape index (κ3) is 4.64. The Morgan fingerprint density at radius 2 is 1.76 bits per heavy atom. The van der Waals surface area contributed by atoms with Crippen molar-refractivity contribution in [2.24, 2.45) is 0 Å². The molecule has 0 fully saturated rings. The minimum absolute atomic E-state index is 0.222. The summed E-state index contributed by atoms with van der Waals surface area (Å²) in [4.78, 5) is 20.7. The zero-order chi connectivity index (χ0) is 17.5. The van der Waals surface area contributed by atoms with Gasteiger partial charge in [-0.2, -0.15) is 0 Å². The van der Waals surface area contributed by atoms with Crippen molar-refractivity contribution in [1.29, 1.82) is 0 Å². The number of pyridine rings is 2. The van der Waals surface area contributed by atoms with Gasteiger partial charge in [0.25, 0.3) is 5.91 Å². The van der Waals surface area contributed by atoms with Crippen LogP contribution in [0.5, 0.6) is 0 Å². The van der Waals surface area contributed by atoms with E-state index >= 15 is 0 Å². The van der Waals surface area contributed by atoms with Gasteiger partial charge >= 0.3 is 0 Å². The molecule has 0 aliphatic heterocycles. The molecule has 1 amide bonds. The van der Waals surface area contributed by atoms with E-state index in [4.69, 9.17) is 0 Å². The second-order valence-corrected chi connectivity index (χ2v) is 5.61. The average molecular weight is 332 g/mol. The summed E-state index contributed by atoms with van der Waals surface area (Å²) in [6, 6.07) is 17.1. The lowest BCUT2D eigenvalue weighted by Gasteiger charge is -2.08. The van der Waals surface area contributed by atoms with Crippen molar-refractivity contribution in [1.82, 2.24) is 9.97 Å². The molecule has 3 aromatic rings. The maximum atomic E-state index is 12.3. The molecule has 0 unspecified atom stereocenters. The highest BCUT2D eigenvalue weighted by molar-refractivity contribution is 6.02. The fraction of sp³-hybridized carbons (Fsp3) is 0.150. The minimum atomic E-state index is -0.222. The van der Waals surface area contributed by atoms with E-state index in [1.165, 1.54) is 5.56 Å². The van der Waals surface area contributed by atoms with Crippen LogP contribution in [0.1, 0.15) is 28.7 Å². The Kier molecular flexibility index (Phi) is 5.36. The Morgan fingerprint density at radius 3 is 2.40 bits per heavy atom. The molecule has 126 valence electrons. The van der Waals surface area contributed by atoms with Crippen molar-refractivity contribution >= 4 is 17.3 Å². The maximum Gasteiger partial charge on any atom is 0.274 e. The van der Waals surface area contributed by atoms with Crippen LogP contribution in [-0.4, -0.2) is 15.9 Å². The lowest BCUT2D eigenvalue weighted by molar-refractivity contribution is 0.102. The van der Waals surface area contributed by atoms with Crippen LogP contribution < -0.4 is 10.6 Å². The van der Waals surface area contributed by atoms with Crippen LogP contribution in [0.4, 0.5) is 11.4 Å². The van der Waals surface area contributed by atoms with Gasteiger partial charge in [-0.15, -0.1) is 0 Å². The van der Waals surface area contributed by atoms with Crippen molar-refractivity contribution in [3.63, 3.8) is 0 Å². The molecule has 25 heavy (non-hydrogen) atoms. The highest BCUT2D eigenvalue weighted by Gasteiger charge is 2.07. The number of rotatable bonds is 6. The second kappa shape index (κ2) is 8.06. The van der Waals surface area contributed by atoms with Crippen LogP contribution in [0, 0.1) is 0 Å². The van der Waals surface area contributed by atoms with Gasteiger partial charge in [0, 0.05) is 11.9 Å². The molecule has 5 heteroatoms. The first kappa shape index (κ1) is 16.6. The van der Waals surface area contributed by atoms with E-state index in [1.807, 2.05) is 48.5 Å². The minimum Gasteiger partial charge on any atom is -0.378 e. The summed E-state index contributed by atoms with van der Waals surface area (Å²) < 4.78 is 0. The molecule has 0 bridgehead atoms. The summed E-state index contributed by atoms with van der Waals surface area (Å²) in [6.45, 7) is 2.71. The lowest BCUT2D eigenvalue weighted by Crippen LogP contribution is -2.13. The first-order chi connectivity index (χ1) is 12.2. The molecule has 0 spiro atoms. The lowest BCUT2D eigenvalue weighted by atomic mass is 10.1. The monoisotopic (exact) mass is 332 g/mol. The molecular weight excluding hydrogens is 312 g/mol. The molecule has 0 aliphatic rings. The van der Waals surface area contributed by atoms with Crippen molar-refractivity contribution < 1.29 is 4.79 Å². The van der Waals surface area contributed by atoms with E-state index in [2.05, 4.69) is 27.5 Å². The summed E-state index contributed by atoms with van der Waals surface area (Å²) in [7, 11) is 0. The Hall–Kier alpha value is -3.21. The first-order valence-electron chi connectivity index (χ1n) is 8.24. The largest absolute Gasteiger partial charge is 0.378 e. The van der Waals surface area contributed by atoms with Gasteiger partial charge in [0.05, 0.1) is 24.1 Å². The molecule has 1 aromatic carbocycles. The Morgan fingerprint density at radius 1 is 0.960 bits per heavy atom. The summed E-state index contributed by atoms with van der Waals surface area (Å²) in [6.07, 6.45) is 4.39. The molecule has 0 radical (unpaired) electrons. The number of benzene rings is 1. The fourth-order valence-electron chi connectivity index (χ4n) is 2.35. The van der Waals surface area contributed by atoms with Gasteiger partial charge in [-0.25, -0.2) is 4.98 Å². The van der Waals surface area contributed by atoms with Gasteiger partial charge < -0.3 is 10.6 Å². The molecule has 2 heterocycles. The van der Waals surface area contributed by atoms with Gasteiger partial charge in [0.15, 0.2) is 0 Å². The number of carbonyl (C=O) groups is 1. The van der Waals surface area contributed by atoms with Crippen molar-refractivity contribution in [3.05, 3.63) is 83.9 Å². The van der Waals surface area contributed by atoms with Crippen LogP contribution in [0.3, 0.4) is 0 Å². The summed E-state index contributed by atoms with van der Waals surface area (Å²) in [5, 5.41) is 6.09. The normalized spacial score (nSPS) is 10.3. The summed E-state index contributed by atoms with van der Waals surface area (Å²) in [5.74, 6) is -0.222. The van der Waals surface area contributed by atoms with E-state index in [1.54, 1.807) is 18.5 Å². The fourth-order valence-corrected chi connectivity index (χ4v) is 2.35. The number of nitrogens with one attached hydrogen (secondary N) is 2. The Labute approximate surface area is 147 Å². The van der Waals surface area contributed by atoms with Gasteiger partial charge in [0.2, 0.25) is 0 Å². The zero-order valence-corrected chi connectivity index (χ0v) is 14.1. The second-order valence-electron chi connectivity index (χ2n) is 5.61. The molecule has 5 nitrogen and oxygen atoms in total. The predicted molar refractivity (Wildman–Crippen MR) is 99.6 cm³/mol. The number of hydrogen-bond donors (Lipinski definition) is 2. The summed E-state index contributed by atoms with van der Waals surface area (Å²) in [5.41, 5.74) is 4.16. The van der Waals surface area contributed by atoms with Crippen LogP contribution in [0.15, 0.2) is 67.0 Å². The molecule has 3 rings (SSSR count). The van der Waals surface area contributed by atoms with Crippen LogP contribution in [0.25, 0.3) is 0 Å². The number of amides is 1. The van der Waals surface area contributed by atoms with E-state index < -0.39 is 0 Å². The number of hydrogen-bond acceptors (Lipinski definition) is 4. The molecule has 0 aliphatic carbocycles. The molecular formula is C20H20N4O.